The molecule has 2 N–H and O–H groups in total. The van der Waals surface area contributed by atoms with Gasteiger partial charge in [-0.15, -0.1) is 0 Å². The van der Waals surface area contributed by atoms with Gasteiger partial charge in [-0.2, -0.15) is 5.10 Å². The van der Waals surface area contributed by atoms with E-state index in [0.29, 0.717) is 0 Å². The molecule has 8 nitrogen and oxygen atoms in total. The van der Waals surface area contributed by atoms with Gasteiger partial charge in [0.1, 0.15) is 10.6 Å². The van der Waals surface area contributed by atoms with E-state index in [9.17, 15) is 18.0 Å². The molecule has 31 heavy (non-hydrogen) atoms. The van der Waals surface area contributed by atoms with E-state index in [4.69, 9.17) is 0 Å². The minimum Gasteiger partial charge on any atom is -0.320 e. The van der Waals surface area contributed by atoms with Crippen LogP contribution in [0.5, 0.6) is 0 Å². The third-order valence-corrected chi connectivity index (χ3v) is 6.22. The number of carbonyl (C=O) groups is 2. The van der Waals surface area contributed by atoms with Gasteiger partial charge in [-0.3, -0.25) is 9.59 Å². The number of nitrogens with one attached hydrogen (secondary N) is 2. The molecule has 0 fully saturated rings. The SMILES string of the molecule is CC(C)(C)NS(=O)(=O)c1ccccc1NC(=O)C1=NN(Cc2ccccc2)C(=O)CC1. The van der Waals surface area contributed by atoms with Crippen molar-refractivity contribution < 1.29 is 18.0 Å². The fraction of sp³-hybridized carbons (Fsp3) is 0.318. The summed E-state index contributed by atoms with van der Waals surface area (Å²) in [4.78, 5) is 25.0. The Labute approximate surface area is 182 Å². The molecule has 1 aliphatic heterocycles. The van der Waals surface area contributed by atoms with E-state index in [0.717, 1.165) is 5.56 Å². The van der Waals surface area contributed by atoms with Gasteiger partial charge in [0.25, 0.3) is 5.91 Å². The lowest BCUT2D eigenvalue weighted by Gasteiger charge is -2.24. The van der Waals surface area contributed by atoms with Crippen LogP contribution in [0.1, 0.15) is 39.2 Å². The molecule has 3 rings (SSSR count). The van der Waals surface area contributed by atoms with Crippen molar-refractivity contribution in [3.63, 3.8) is 0 Å². The summed E-state index contributed by atoms with van der Waals surface area (Å²) in [6.07, 6.45) is 0.343. The van der Waals surface area contributed by atoms with Gasteiger partial charge in [0.05, 0.1) is 12.2 Å². The van der Waals surface area contributed by atoms with Crippen LogP contribution in [0.25, 0.3) is 0 Å². The van der Waals surface area contributed by atoms with Crippen molar-refractivity contribution in [1.29, 1.82) is 0 Å². The number of amides is 2. The number of nitrogens with zero attached hydrogens (tertiary/aromatic N) is 2. The second-order valence-corrected chi connectivity index (χ2v) is 9.94. The fourth-order valence-electron chi connectivity index (χ4n) is 3.10. The second-order valence-electron chi connectivity index (χ2n) is 8.29. The van der Waals surface area contributed by atoms with Crippen molar-refractivity contribution in [1.82, 2.24) is 9.73 Å². The first kappa shape index (κ1) is 22.6. The Kier molecular flexibility index (Phi) is 6.56. The second kappa shape index (κ2) is 8.99. The van der Waals surface area contributed by atoms with Crippen molar-refractivity contribution in [2.75, 3.05) is 5.32 Å². The maximum atomic E-state index is 12.8. The number of para-hydroxylation sites is 1. The maximum Gasteiger partial charge on any atom is 0.271 e. The zero-order chi connectivity index (χ0) is 22.6. The molecule has 2 aromatic carbocycles. The minimum atomic E-state index is -3.85. The van der Waals surface area contributed by atoms with Gasteiger partial charge in [0.2, 0.25) is 15.9 Å². The highest BCUT2D eigenvalue weighted by Gasteiger charge is 2.28. The molecule has 0 bridgehead atoms. The number of sulfonamides is 1. The minimum absolute atomic E-state index is 0.0353. The first-order valence-corrected chi connectivity index (χ1v) is 11.4. The average Bonchev–Trinajstić information content (AvgIpc) is 2.69. The first-order valence-electron chi connectivity index (χ1n) is 9.91. The summed E-state index contributed by atoms with van der Waals surface area (Å²) >= 11 is 0. The van der Waals surface area contributed by atoms with Gasteiger partial charge in [0.15, 0.2) is 0 Å². The molecule has 0 atom stereocenters. The first-order chi connectivity index (χ1) is 14.5. The van der Waals surface area contributed by atoms with Crippen LogP contribution in [0.15, 0.2) is 64.6 Å². The molecule has 0 unspecified atom stereocenters. The molecule has 2 aromatic rings. The number of hydrogen-bond donors (Lipinski definition) is 2. The summed E-state index contributed by atoms with van der Waals surface area (Å²) in [5, 5.41) is 8.15. The van der Waals surface area contributed by atoms with Crippen LogP contribution < -0.4 is 10.0 Å². The Hall–Kier alpha value is -3.04. The number of anilines is 1. The molecule has 1 aliphatic rings. The van der Waals surface area contributed by atoms with Crippen LogP contribution in [0.3, 0.4) is 0 Å². The molecular formula is C22H26N4O4S. The van der Waals surface area contributed by atoms with Gasteiger partial charge >= 0.3 is 0 Å². The summed E-state index contributed by atoms with van der Waals surface area (Å²) < 4.78 is 28.1. The summed E-state index contributed by atoms with van der Waals surface area (Å²) in [5.74, 6) is -0.707. The normalized spacial score (nSPS) is 14.9. The van der Waals surface area contributed by atoms with Crippen LogP contribution >= 0.6 is 0 Å². The molecule has 164 valence electrons. The molecule has 0 saturated carbocycles. The lowest BCUT2D eigenvalue weighted by atomic mass is 10.1. The predicted molar refractivity (Wildman–Crippen MR) is 119 cm³/mol. The maximum absolute atomic E-state index is 12.8. The van der Waals surface area contributed by atoms with Crippen molar-refractivity contribution >= 4 is 33.2 Å². The van der Waals surface area contributed by atoms with E-state index in [-0.39, 0.29) is 41.6 Å². The highest BCUT2D eigenvalue weighted by molar-refractivity contribution is 7.89. The average molecular weight is 443 g/mol. The lowest BCUT2D eigenvalue weighted by Crippen LogP contribution is -2.41. The number of rotatable bonds is 6. The fourth-order valence-corrected chi connectivity index (χ4v) is 4.68. The Balaban J connectivity index is 1.82. The Bertz CT molecular complexity index is 1110. The van der Waals surface area contributed by atoms with Crippen molar-refractivity contribution in [2.45, 2.75) is 50.6 Å². The van der Waals surface area contributed by atoms with Crippen molar-refractivity contribution in [3.8, 4) is 0 Å². The van der Waals surface area contributed by atoms with E-state index in [1.807, 2.05) is 30.3 Å². The van der Waals surface area contributed by atoms with Gasteiger partial charge in [-0.1, -0.05) is 42.5 Å². The van der Waals surface area contributed by atoms with Crippen LogP contribution in [-0.4, -0.2) is 36.5 Å². The number of carbonyl (C=O) groups excluding carboxylic acids is 2. The largest absolute Gasteiger partial charge is 0.320 e. The number of hydrazone groups is 1. The molecule has 0 aliphatic carbocycles. The summed E-state index contributed by atoms with van der Waals surface area (Å²) in [6.45, 7) is 5.47. The van der Waals surface area contributed by atoms with Crippen LogP contribution in [0, 0.1) is 0 Å². The van der Waals surface area contributed by atoms with E-state index >= 15 is 0 Å². The molecule has 0 saturated heterocycles. The molecule has 2 amide bonds. The van der Waals surface area contributed by atoms with Crippen LogP contribution in [0.2, 0.25) is 0 Å². The van der Waals surface area contributed by atoms with Gasteiger partial charge in [-0.25, -0.2) is 18.1 Å². The molecule has 0 radical (unpaired) electrons. The topological polar surface area (TPSA) is 108 Å². The van der Waals surface area contributed by atoms with Crippen LogP contribution in [-0.2, 0) is 26.2 Å². The molecular weight excluding hydrogens is 416 g/mol. The highest BCUT2D eigenvalue weighted by Crippen LogP contribution is 2.23. The van der Waals surface area contributed by atoms with E-state index in [2.05, 4.69) is 15.1 Å². The smallest absolute Gasteiger partial charge is 0.271 e. The lowest BCUT2D eigenvalue weighted by molar-refractivity contribution is -0.132. The van der Waals surface area contributed by atoms with Crippen molar-refractivity contribution in [3.05, 3.63) is 60.2 Å². The predicted octanol–water partition coefficient (Wildman–Crippen LogP) is 2.88. The van der Waals surface area contributed by atoms with E-state index in [1.54, 1.807) is 32.9 Å². The zero-order valence-electron chi connectivity index (χ0n) is 17.8. The standard InChI is InChI=1S/C22H26N4O4S/c1-22(2,3)25-31(29,30)19-12-8-7-11-17(19)23-21(28)18-13-14-20(27)26(24-18)15-16-9-5-4-6-10-16/h4-12,25H,13-15H2,1-3H3,(H,23,28). The highest BCUT2D eigenvalue weighted by atomic mass is 32.2. The van der Waals surface area contributed by atoms with Gasteiger partial charge in [0, 0.05) is 18.4 Å². The molecule has 0 aromatic heterocycles. The van der Waals surface area contributed by atoms with Gasteiger partial charge in [-0.05, 0) is 38.5 Å². The van der Waals surface area contributed by atoms with Gasteiger partial charge < -0.3 is 5.32 Å². The molecule has 1 heterocycles. The van der Waals surface area contributed by atoms with Crippen molar-refractivity contribution in [2.24, 2.45) is 5.10 Å². The zero-order valence-corrected chi connectivity index (χ0v) is 18.6. The molecule has 0 spiro atoms. The summed E-state index contributed by atoms with van der Waals surface area (Å²) in [6, 6.07) is 15.5. The summed E-state index contributed by atoms with van der Waals surface area (Å²) in [5.41, 5.74) is 0.540. The van der Waals surface area contributed by atoms with E-state index < -0.39 is 21.5 Å². The molecule has 9 heteroatoms. The Morgan fingerprint density at radius 1 is 1.03 bits per heavy atom. The monoisotopic (exact) mass is 442 g/mol. The number of benzene rings is 2. The quantitative estimate of drug-likeness (QED) is 0.717. The van der Waals surface area contributed by atoms with E-state index in [1.165, 1.54) is 17.1 Å². The third kappa shape index (κ3) is 5.99. The van der Waals surface area contributed by atoms with Crippen LogP contribution in [0.4, 0.5) is 5.69 Å². The Morgan fingerprint density at radius 2 is 1.68 bits per heavy atom. The summed E-state index contributed by atoms with van der Waals surface area (Å²) in [7, 11) is -3.85. The number of hydrogen-bond acceptors (Lipinski definition) is 5. The third-order valence-electron chi connectivity index (χ3n) is 4.41. The Morgan fingerprint density at radius 3 is 2.35 bits per heavy atom.